The van der Waals surface area contributed by atoms with Crippen LogP contribution in [0.1, 0.15) is 18.9 Å². The Morgan fingerprint density at radius 1 is 1.20 bits per heavy atom. The van der Waals surface area contributed by atoms with E-state index in [0.29, 0.717) is 5.75 Å². The predicted octanol–water partition coefficient (Wildman–Crippen LogP) is 4.77. The fourth-order valence-corrected chi connectivity index (χ4v) is 1.99. The van der Waals surface area contributed by atoms with E-state index in [1.807, 2.05) is 24.3 Å². The zero-order valence-corrected chi connectivity index (χ0v) is 12.1. The van der Waals surface area contributed by atoms with Crippen molar-refractivity contribution >= 4 is 11.6 Å². The summed E-state index contributed by atoms with van der Waals surface area (Å²) in [4.78, 5) is 0. The van der Waals surface area contributed by atoms with Gasteiger partial charge in [0.15, 0.2) is 0 Å². The van der Waals surface area contributed by atoms with Crippen molar-refractivity contribution in [3.8, 4) is 11.5 Å². The molecule has 0 aliphatic carbocycles. The molecule has 0 unspecified atom stereocenters. The van der Waals surface area contributed by atoms with E-state index in [1.165, 1.54) is 12.1 Å². The van der Waals surface area contributed by atoms with Crippen molar-refractivity contribution in [3.05, 3.63) is 58.9 Å². The molecule has 1 N–H and O–H groups in total. The van der Waals surface area contributed by atoms with Crippen LogP contribution in [0.2, 0.25) is 5.02 Å². The lowest BCUT2D eigenvalue weighted by molar-refractivity contribution is 0.471. The maximum Gasteiger partial charge on any atom is 0.142 e. The lowest BCUT2D eigenvalue weighted by Crippen LogP contribution is -2.14. The van der Waals surface area contributed by atoms with Gasteiger partial charge in [0.2, 0.25) is 0 Å². The van der Waals surface area contributed by atoms with E-state index in [2.05, 4.69) is 12.2 Å². The fourth-order valence-electron chi connectivity index (χ4n) is 1.82. The van der Waals surface area contributed by atoms with Gasteiger partial charge in [-0.05, 0) is 31.2 Å². The first-order valence-electron chi connectivity index (χ1n) is 6.62. The van der Waals surface area contributed by atoms with Crippen LogP contribution in [-0.2, 0) is 6.54 Å². The van der Waals surface area contributed by atoms with Crippen molar-refractivity contribution in [1.29, 1.82) is 0 Å². The van der Waals surface area contributed by atoms with Gasteiger partial charge in [0.05, 0.1) is 5.02 Å². The van der Waals surface area contributed by atoms with E-state index >= 15 is 0 Å². The first-order valence-corrected chi connectivity index (χ1v) is 7.00. The zero-order chi connectivity index (χ0) is 14.4. The third-order valence-corrected chi connectivity index (χ3v) is 3.12. The molecule has 2 nitrogen and oxygen atoms in total. The molecular formula is C16H17ClFNO. The maximum atomic E-state index is 13.1. The van der Waals surface area contributed by atoms with Gasteiger partial charge in [-0.3, -0.25) is 0 Å². The fraction of sp³-hybridized carbons (Fsp3) is 0.250. The van der Waals surface area contributed by atoms with E-state index in [0.717, 1.165) is 30.8 Å². The van der Waals surface area contributed by atoms with Crippen molar-refractivity contribution in [2.24, 2.45) is 0 Å². The quantitative estimate of drug-likeness (QED) is 0.775. The van der Waals surface area contributed by atoms with Gasteiger partial charge in [0.25, 0.3) is 0 Å². The number of para-hydroxylation sites is 1. The summed E-state index contributed by atoms with van der Waals surface area (Å²) in [5.41, 5.74) is 1.06. The zero-order valence-electron chi connectivity index (χ0n) is 11.3. The molecule has 0 spiro atoms. The Kier molecular flexibility index (Phi) is 5.39. The first-order chi connectivity index (χ1) is 9.70. The number of nitrogens with one attached hydrogen (secondary N) is 1. The molecule has 2 aromatic rings. The Labute approximate surface area is 123 Å². The monoisotopic (exact) mass is 293 g/mol. The van der Waals surface area contributed by atoms with Crippen LogP contribution < -0.4 is 10.1 Å². The summed E-state index contributed by atoms with van der Waals surface area (Å²) < 4.78 is 18.9. The van der Waals surface area contributed by atoms with Gasteiger partial charge < -0.3 is 10.1 Å². The maximum absolute atomic E-state index is 13.1. The standard InChI is InChI=1S/C16H17ClFNO/c1-2-9-19-11-12-5-3-4-6-16(12)20-13-7-8-15(18)14(17)10-13/h3-8,10,19H,2,9,11H2,1H3. The minimum atomic E-state index is -0.447. The third-order valence-electron chi connectivity index (χ3n) is 2.83. The Morgan fingerprint density at radius 2 is 2.00 bits per heavy atom. The molecule has 0 aliphatic heterocycles. The number of benzene rings is 2. The first kappa shape index (κ1) is 14.8. The predicted molar refractivity (Wildman–Crippen MR) is 79.9 cm³/mol. The summed E-state index contributed by atoms with van der Waals surface area (Å²) >= 11 is 5.75. The summed E-state index contributed by atoms with van der Waals surface area (Å²) in [5, 5.41) is 3.39. The van der Waals surface area contributed by atoms with E-state index in [1.54, 1.807) is 6.07 Å². The Bertz CT molecular complexity index is 574. The molecule has 0 bridgehead atoms. The molecule has 0 aromatic heterocycles. The van der Waals surface area contributed by atoms with E-state index in [4.69, 9.17) is 16.3 Å². The second-order valence-corrected chi connectivity index (χ2v) is 4.87. The highest BCUT2D eigenvalue weighted by atomic mass is 35.5. The second-order valence-electron chi connectivity index (χ2n) is 4.46. The topological polar surface area (TPSA) is 21.3 Å². The van der Waals surface area contributed by atoms with Crippen molar-refractivity contribution in [1.82, 2.24) is 5.32 Å². The van der Waals surface area contributed by atoms with Gasteiger partial charge in [0, 0.05) is 18.2 Å². The molecule has 106 valence electrons. The summed E-state index contributed by atoms with van der Waals surface area (Å²) in [7, 11) is 0. The molecular weight excluding hydrogens is 277 g/mol. The molecule has 20 heavy (non-hydrogen) atoms. The number of ether oxygens (including phenoxy) is 1. The third kappa shape index (κ3) is 3.95. The Hall–Kier alpha value is -1.58. The largest absolute Gasteiger partial charge is 0.457 e. The second kappa shape index (κ2) is 7.27. The lowest BCUT2D eigenvalue weighted by atomic mass is 10.2. The van der Waals surface area contributed by atoms with Crippen LogP contribution in [-0.4, -0.2) is 6.54 Å². The van der Waals surface area contributed by atoms with Gasteiger partial charge in [-0.2, -0.15) is 0 Å². The minimum Gasteiger partial charge on any atom is -0.457 e. The molecule has 0 radical (unpaired) electrons. The van der Waals surface area contributed by atoms with Crippen LogP contribution >= 0.6 is 11.6 Å². The average molecular weight is 294 g/mol. The highest BCUT2D eigenvalue weighted by molar-refractivity contribution is 6.30. The molecule has 0 amide bonds. The van der Waals surface area contributed by atoms with E-state index < -0.39 is 5.82 Å². The molecule has 2 aromatic carbocycles. The molecule has 0 fully saturated rings. The SMILES string of the molecule is CCCNCc1ccccc1Oc1ccc(F)c(Cl)c1. The van der Waals surface area contributed by atoms with Crippen molar-refractivity contribution in [2.75, 3.05) is 6.54 Å². The number of halogens is 2. The van der Waals surface area contributed by atoms with Crippen LogP contribution in [0.4, 0.5) is 4.39 Å². The van der Waals surface area contributed by atoms with Crippen LogP contribution in [0, 0.1) is 5.82 Å². The van der Waals surface area contributed by atoms with Crippen molar-refractivity contribution < 1.29 is 9.13 Å². The molecule has 0 saturated heterocycles. The molecule has 2 rings (SSSR count). The van der Waals surface area contributed by atoms with Crippen molar-refractivity contribution in [3.63, 3.8) is 0 Å². The highest BCUT2D eigenvalue weighted by Crippen LogP contribution is 2.28. The van der Waals surface area contributed by atoms with Crippen LogP contribution in [0.5, 0.6) is 11.5 Å². The smallest absolute Gasteiger partial charge is 0.142 e. The molecule has 0 saturated carbocycles. The number of hydrogen-bond acceptors (Lipinski definition) is 2. The van der Waals surface area contributed by atoms with Crippen LogP contribution in [0.3, 0.4) is 0 Å². The summed E-state index contributed by atoms with van der Waals surface area (Å²) in [6.07, 6.45) is 1.08. The summed E-state index contributed by atoms with van der Waals surface area (Å²) in [6.45, 7) is 3.81. The van der Waals surface area contributed by atoms with Crippen molar-refractivity contribution in [2.45, 2.75) is 19.9 Å². The Balaban J connectivity index is 2.13. The average Bonchev–Trinajstić information content (AvgIpc) is 2.45. The van der Waals surface area contributed by atoms with Crippen LogP contribution in [0.25, 0.3) is 0 Å². The van der Waals surface area contributed by atoms with Gasteiger partial charge in [0.1, 0.15) is 17.3 Å². The van der Waals surface area contributed by atoms with E-state index in [-0.39, 0.29) is 5.02 Å². The molecule has 0 aliphatic rings. The van der Waals surface area contributed by atoms with Gasteiger partial charge in [-0.25, -0.2) is 4.39 Å². The molecule has 0 heterocycles. The Morgan fingerprint density at radius 3 is 2.75 bits per heavy atom. The van der Waals surface area contributed by atoms with Gasteiger partial charge >= 0.3 is 0 Å². The minimum absolute atomic E-state index is 0.0593. The summed E-state index contributed by atoms with van der Waals surface area (Å²) in [5.74, 6) is 0.829. The number of rotatable bonds is 6. The summed E-state index contributed by atoms with van der Waals surface area (Å²) in [6, 6.07) is 12.1. The lowest BCUT2D eigenvalue weighted by Gasteiger charge is -2.12. The highest BCUT2D eigenvalue weighted by Gasteiger charge is 2.06. The number of hydrogen-bond donors (Lipinski definition) is 1. The van der Waals surface area contributed by atoms with Crippen LogP contribution in [0.15, 0.2) is 42.5 Å². The normalized spacial score (nSPS) is 10.6. The molecule has 0 atom stereocenters. The molecule has 4 heteroatoms. The van der Waals surface area contributed by atoms with E-state index in [9.17, 15) is 4.39 Å². The van der Waals surface area contributed by atoms with Gasteiger partial charge in [-0.15, -0.1) is 0 Å². The van der Waals surface area contributed by atoms with Gasteiger partial charge in [-0.1, -0.05) is 36.7 Å².